The van der Waals surface area contributed by atoms with Crippen molar-refractivity contribution < 1.29 is 0 Å². The van der Waals surface area contributed by atoms with Gasteiger partial charge in [-0.05, 0) is 26.2 Å². The SMILES string of the molecule is C#CCC(CC=C)(CC/C=C/C)c1cnc(N)[nH]1. The molecule has 0 bridgehead atoms. The Kier molecular flexibility index (Phi) is 5.26. The van der Waals surface area contributed by atoms with Crippen LogP contribution in [0.15, 0.2) is 31.0 Å². The van der Waals surface area contributed by atoms with Crippen LogP contribution in [-0.4, -0.2) is 9.97 Å². The molecular weight excluding hydrogens is 222 g/mol. The highest BCUT2D eigenvalue weighted by Gasteiger charge is 2.31. The lowest BCUT2D eigenvalue weighted by Crippen LogP contribution is -2.25. The normalized spacial score (nSPS) is 14.2. The average molecular weight is 243 g/mol. The van der Waals surface area contributed by atoms with E-state index >= 15 is 0 Å². The van der Waals surface area contributed by atoms with E-state index in [2.05, 4.69) is 34.6 Å². The van der Waals surface area contributed by atoms with Crippen LogP contribution < -0.4 is 5.73 Å². The third-order valence-electron chi connectivity index (χ3n) is 3.17. The molecule has 0 saturated heterocycles. The highest BCUT2D eigenvalue weighted by Crippen LogP contribution is 2.36. The predicted octanol–water partition coefficient (Wildman–Crippen LogP) is 3.19. The number of terminal acetylenes is 1. The molecule has 0 saturated carbocycles. The number of H-pyrrole nitrogens is 1. The van der Waals surface area contributed by atoms with Gasteiger partial charge in [-0.1, -0.05) is 18.2 Å². The monoisotopic (exact) mass is 243 g/mol. The van der Waals surface area contributed by atoms with Gasteiger partial charge in [-0.15, -0.1) is 18.9 Å². The summed E-state index contributed by atoms with van der Waals surface area (Å²) in [6, 6.07) is 0. The fourth-order valence-electron chi connectivity index (χ4n) is 2.21. The van der Waals surface area contributed by atoms with Crippen LogP contribution in [0.1, 0.15) is 38.3 Å². The van der Waals surface area contributed by atoms with Gasteiger partial charge in [0.25, 0.3) is 0 Å². The number of nitrogens with zero attached hydrogens (tertiary/aromatic N) is 1. The third-order valence-corrected chi connectivity index (χ3v) is 3.17. The fraction of sp³-hybridized carbons (Fsp3) is 0.400. The number of rotatable bonds is 7. The Morgan fingerprint density at radius 1 is 1.67 bits per heavy atom. The van der Waals surface area contributed by atoms with E-state index in [0.717, 1.165) is 25.0 Å². The van der Waals surface area contributed by atoms with Crippen molar-refractivity contribution >= 4 is 5.95 Å². The molecule has 1 aromatic rings. The highest BCUT2D eigenvalue weighted by molar-refractivity contribution is 5.27. The van der Waals surface area contributed by atoms with Crippen molar-refractivity contribution in [2.45, 2.75) is 38.0 Å². The van der Waals surface area contributed by atoms with Gasteiger partial charge in [0.15, 0.2) is 5.95 Å². The third kappa shape index (κ3) is 3.27. The molecule has 18 heavy (non-hydrogen) atoms. The van der Waals surface area contributed by atoms with Gasteiger partial charge in [0.1, 0.15) is 0 Å². The van der Waals surface area contributed by atoms with E-state index in [1.165, 1.54) is 0 Å². The highest BCUT2D eigenvalue weighted by atomic mass is 15.0. The van der Waals surface area contributed by atoms with Crippen molar-refractivity contribution in [1.82, 2.24) is 9.97 Å². The zero-order valence-corrected chi connectivity index (χ0v) is 10.9. The summed E-state index contributed by atoms with van der Waals surface area (Å²) in [5.41, 5.74) is 6.53. The molecular formula is C15H21N3. The molecule has 0 radical (unpaired) electrons. The van der Waals surface area contributed by atoms with Crippen molar-refractivity contribution in [3.05, 3.63) is 36.7 Å². The lowest BCUT2D eigenvalue weighted by Gasteiger charge is -2.29. The quantitative estimate of drug-likeness (QED) is 0.571. The molecule has 0 aliphatic rings. The molecule has 1 unspecified atom stereocenters. The van der Waals surface area contributed by atoms with E-state index in [9.17, 15) is 0 Å². The Bertz CT molecular complexity index is 451. The molecule has 0 aliphatic heterocycles. The Morgan fingerprint density at radius 2 is 2.44 bits per heavy atom. The van der Waals surface area contributed by atoms with Crippen LogP contribution in [0.3, 0.4) is 0 Å². The number of hydrogen-bond acceptors (Lipinski definition) is 2. The minimum atomic E-state index is -0.138. The first-order chi connectivity index (χ1) is 8.68. The number of aromatic nitrogens is 2. The Hall–Kier alpha value is -1.95. The zero-order chi connectivity index (χ0) is 13.4. The second-order valence-corrected chi connectivity index (χ2v) is 4.44. The number of anilines is 1. The molecule has 0 fully saturated rings. The molecule has 1 aromatic heterocycles. The van der Waals surface area contributed by atoms with Crippen molar-refractivity contribution in [2.24, 2.45) is 0 Å². The minimum absolute atomic E-state index is 0.138. The smallest absolute Gasteiger partial charge is 0.197 e. The number of hydrogen-bond donors (Lipinski definition) is 2. The molecule has 96 valence electrons. The Morgan fingerprint density at radius 3 is 2.94 bits per heavy atom. The first-order valence-corrected chi connectivity index (χ1v) is 6.15. The van der Waals surface area contributed by atoms with Gasteiger partial charge in [-0.2, -0.15) is 0 Å². The summed E-state index contributed by atoms with van der Waals surface area (Å²) in [5.74, 6) is 3.20. The first-order valence-electron chi connectivity index (χ1n) is 6.15. The van der Waals surface area contributed by atoms with E-state index in [0.29, 0.717) is 12.4 Å². The van der Waals surface area contributed by atoms with E-state index in [-0.39, 0.29) is 5.41 Å². The van der Waals surface area contributed by atoms with Crippen LogP contribution in [0.5, 0.6) is 0 Å². The second kappa shape index (κ2) is 6.70. The first kappa shape index (κ1) is 14.1. The van der Waals surface area contributed by atoms with E-state index in [4.69, 9.17) is 12.2 Å². The van der Waals surface area contributed by atoms with Crippen molar-refractivity contribution in [1.29, 1.82) is 0 Å². The van der Waals surface area contributed by atoms with Gasteiger partial charge in [0.05, 0.1) is 6.20 Å². The van der Waals surface area contributed by atoms with Crippen LogP contribution in [0.25, 0.3) is 0 Å². The minimum Gasteiger partial charge on any atom is -0.369 e. The molecule has 3 N–H and O–H groups in total. The van der Waals surface area contributed by atoms with Crippen LogP contribution in [0.4, 0.5) is 5.95 Å². The van der Waals surface area contributed by atoms with Gasteiger partial charge in [0.2, 0.25) is 0 Å². The van der Waals surface area contributed by atoms with E-state index in [1.54, 1.807) is 6.20 Å². The molecule has 0 amide bonds. The molecule has 1 heterocycles. The Labute approximate surface area is 109 Å². The largest absolute Gasteiger partial charge is 0.369 e. The maximum atomic E-state index is 5.66. The summed E-state index contributed by atoms with van der Waals surface area (Å²) in [4.78, 5) is 7.19. The van der Waals surface area contributed by atoms with Crippen LogP contribution in [-0.2, 0) is 5.41 Å². The van der Waals surface area contributed by atoms with Gasteiger partial charge >= 0.3 is 0 Å². The van der Waals surface area contributed by atoms with Crippen molar-refractivity contribution in [3.8, 4) is 12.3 Å². The lowest BCUT2D eigenvalue weighted by molar-refractivity contribution is 0.400. The lowest BCUT2D eigenvalue weighted by atomic mass is 9.75. The van der Waals surface area contributed by atoms with Gasteiger partial charge in [-0.3, -0.25) is 0 Å². The van der Waals surface area contributed by atoms with Crippen LogP contribution >= 0.6 is 0 Å². The summed E-state index contributed by atoms with van der Waals surface area (Å²) in [6.45, 7) is 5.85. The molecule has 0 spiro atoms. The number of nitrogens with one attached hydrogen (secondary N) is 1. The maximum absolute atomic E-state index is 5.66. The molecule has 1 atom stereocenters. The fourth-order valence-corrected chi connectivity index (χ4v) is 2.21. The summed E-state index contributed by atoms with van der Waals surface area (Å²) in [5, 5.41) is 0. The summed E-state index contributed by atoms with van der Waals surface area (Å²) in [6.07, 6.45) is 16.8. The van der Waals surface area contributed by atoms with E-state index < -0.39 is 0 Å². The van der Waals surface area contributed by atoms with Crippen LogP contribution in [0.2, 0.25) is 0 Å². The molecule has 1 rings (SSSR count). The summed E-state index contributed by atoms with van der Waals surface area (Å²) in [7, 11) is 0. The molecule has 0 aromatic carbocycles. The molecule has 3 nitrogen and oxygen atoms in total. The number of nitrogens with two attached hydrogens (primary N) is 1. The topological polar surface area (TPSA) is 54.7 Å². The van der Waals surface area contributed by atoms with Crippen LogP contribution in [0, 0.1) is 12.3 Å². The average Bonchev–Trinajstić information content (AvgIpc) is 2.77. The Balaban J connectivity index is 3.03. The van der Waals surface area contributed by atoms with Crippen molar-refractivity contribution in [3.63, 3.8) is 0 Å². The number of nitrogen functional groups attached to an aromatic ring is 1. The summed E-state index contributed by atoms with van der Waals surface area (Å²) >= 11 is 0. The number of allylic oxidation sites excluding steroid dienone is 3. The van der Waals surface area contributed by atoms with Gasteiger partial charge < -0.3 is 10.7 Å². The van der Waals surface area contributed by atoms with E-state index in [1.807, 2.05) is 13.0 Å². The molecule has 0 aliphatic carbocycles. The predicted molar refractivity (Wildman–Crippen MR) is 77.0 cm³/mol. The summed E-state index contributed by atoms with van der Waals surface area (Å²) < 4.78 is 0. The standard InChI is InChI=1S/C15H21N3/c1-4-7-8-11-15(9-5-2,10-6-3)13-12-17-14(16)18-13/h2,4,6-7,12H,3,8-11H2,1H3,(H3,16,17,18)/b7-4+. The molecule has 3 heteroatoms. The van der Waals surface area contributed by atoms with Gasteiger partial charge in [-0.25, -0.2) is 4.98 Å². The second-order valence-electron chi connectivity index (χ2n) is 4.44. The number of imidazole rings is 1. The van der Waals surface area contributed by atoms with Crippen molar-refractivity contribution in [2.75, 3.05) is 5.73 Å². The number of aromatic amines is 1. The maximum Gasteiger partial charge on any atom is 0.197 e. The zero-order valence-electron chi connectivity index (χ0n) is 10.9. The van der Waals surface area contributed by atoms with Gasteiger partial charge in [0, 0.05) is 17.5 Å².